The van der Waals surface area contributed by atoms with E-state index in [1.807, 2.05) is 24.3 Å². The normalized spacial score (nSPS) is 11.0. The molecule has 198 valence electrons. The average Bonchev–Trinajstić information content (AvgIpc) is 3.29. The lowest BCUT2D eigenvalue weighted by Crippen LogP contribution is -2.08. The van der Waals surface area contributed by atoms with Crippen molar-refractivity contribution >= 4 is 28.4 Å². The Morgan fingerprint density at radius 2 is 1.85 bits per heavy atom. The van der Waals surface area contributed by atoms with Gasteiger partial charge in [0.2, 0.25) is 0 Å². The Morgan fingerprint density at radius 1 is 1.08 bits per heavy atom. The Bertz CT molecular complexity index is 1660. The van der Waals surface area contributed by atoms with E-state index in [1.54, 1.807) is 26.0 Å². The number of rotatable bonds is 8. The van der Waals surface area contributed by atoms with Crippen molar-refractivity contribution in [3.63, 3.8) is 0 Å². The molecule has 11 heteroatoms. The fourth-order valence-corrected chi connectivity index (χ4v) is 4.20. The van der Waals surface area contributed by atoms with Crippen molar-refractivity contribution in [3.8, 4) is 17.3 Å². The number of hydrogen-bond donors (Lipinski definition) is 1. The van der Waals surface area contributed by atoms with Crippen LogP contribution in [0.2, 0.25) is 0 Å². The van der Waals surface area contributed by atoms with Crippen molar-refractivity contribution in [1.82, 2.24) is 24.7 Å². The fourth-order valence-electron chi connectivity index (χ4n) is 4.20. The van der Waals surface area contributed by atoms with Gasteiger partial charge in [-0.15, -0.1) is 0 Å². The third-order valence-electron chi connectivity index (χ3n) is 5.95. The van der Waals surface area contributed by atoms with Crippen molar-refractivity contribution in [2.75, 3.05) is 19.0 Å². The summed E-state index contributed by atoms with van der Waals surface area (Å²) in [6, 6.07) is 13.0. The topological polar surface area (TPSA) is 104 Å². The molecule has 0 aliphatic rings. The van der Waals surface area contributed by atoms with Crippen LogP contribution in [0.25, 0.3) is 22.4 Å². The van der Waals surface area contributed by atoms with Gasteiger partial charge in [-0.05, 0) is 26.0 Å². The van der Waals surface area contributed by atoms with E-state index < -0.39 is 17.6 Å². The number of carbonyl (C=O) groups is 1. The summed E-state index contributed by atoms with van der Waals surface area (Å²) in [5, 5.41) is 8.49. The summed E-state index contributed by atoms with van der Waals surface area (Å²) in [4.78, 5) is 25.3. The van der Waals surface area contributed by atoms with Gasteiger partial charge < -0.3 is 14.8 Å². The third kappa shape index (κ3) is 5.24. The largest absolute Gasteiger partial charge is 0.494 e. The van der Waals surface area contributed by atoms with E-state index in [-0.39, 0.29) is 23.4 Å². The van der Waals surface area contributed by atoms with Crippen LogP contribution in [-0.4, -0.2) is 44.4 Å². The first kappa shape index (κ1) is 25.7. The number of anilines is 2. The van der Waals surface area contributed by atoms with Gasteiger partial charge in [0.05, 0.1) is 31.5 Å². The molecule has 0 fully saturated rings. The number of ether oxygens (including phenoxy) is 2. The second-order valence-corrected chi connectivity index (χ2v) is 8.58. The molecule has 3 aromatic heterocycles. The molecule has 3 heterocycles. The zero-order chi connectivity index (χ0) is 27.5. The monoisotopic (exact) mass is 530 g/mol. The highest BCUT2D eigenvalue weighted by molar-refractivity contribution is 5.96. The maximum absolute atomic E-state index is 14.8. The maximum Gasteiger partial charge on any atom is 0.341 e. The first-order valence-corrected chi connectivity index (χ1v) is 12.1. The summed E-state index contributed by atoms with van der Waals surface area (Å²) >= 11 is 0. The first-order valence-electron chi connectivity index (χ1n) is 12.1. The van der Waals surface area contributed by atoms with Crippen molar-refractivity contribution in [3.05, 3.63) is 89.4 Å². The van der Waals surface area contributed by atoms with Gasteiger partial charge in [-0.3, -0.25) is 9.67 Å². The van der Waals surface area contributed by atoms with Crippen molar-refractivity contribution in [1.29, 1.82) is 0 Å². The van der Waals surface area contributed by atoms with Gasteiger partial charge in [0.1, 0.15) is 34.5 Å². The van der Waals surface area contributed by atoms with Crippen LogP contribution < -0.4 is 10.1 Å². The Morgan fingerprint density at radius 3 is 2.59 bits per heavy atom. The van der Waals surface area contributed by atoms with Crippen LogP contribution in [-0.2, 0) is 11.3 Å². The zero-order valence-electron chi connectivity index (χ0n) is 21.4. The minimum atomic E-state index is -0.725. The Kier molecular flexibility index (Phi) is 7.13. The molecule has 0 bridgehead atoms. The summed E-state index contributed by atoms with van der Waals surface area (Å²) in [5.41, 5.74) is 2.29. The molecule has 0 aliphatic carbocycles. The number of pyridine rings is 1. The van der Waals surface area contributed by atoms with Crippen LogP contribution in [0.4, 0.5) is 20.3 Å². The van der Waals surface area contributed by atoms with Crippen LogP contribution >= 0.6 is 0 Å². The number of fused-ring (bicyclic) bond motifs is 1. The molecular formula is C28H24F2N6O3. The Balaban J connectivity index is 1.55. The summed E-state index contributed by atoms with van der Waals surface area (Å²) in [7, 11) is 1.29. The van der Waals surface area contributed by atoms with Gasteiger partial charge in [-0.25, -0.2) is 23.5 Å². The third-order valence-corrected chi connectivity index (χ3v) is 5.95. The van der Waals surface area contributed by atoms with Crippen LogP contribution in [0.15, 0.2) is 60.9 Å². The van der Waals surface area contributed by atoms with E-state index in [2.05, 4.69) is 25.4 Å². The number of aromatic nitrogens is 5. The molecule has 0 radical (unpaired) electrons. The molecule has 39 heavy (non-hydrogen) atoms. The molecule has 0 unspecified atom stereocenters. The van der Waals surface area contributed by atoms with Crippen LogP contribution in [0.5, 0.6) is 5.75 Å². The average molecular weight is 531 g/mol. The number of esters is 1. The maximum atomic E-state index is 14.8. The minimum absolute atomic E-state index is 0.125. The molecule has 0 saturated heterocycles. The van der Waals surface area contributed by atoms with Gasteiger partial charge >= 0.3 is 5.97 Å². The highest BCUT2D eigenvalue weighted by Crippen LogP contribution is 2.30. The number of nitrogens with one attached hydrogen (secondary N) is 1. The van der Waals surface area contributed by atoms with E-state index in [9.17, 15) is 13.6 Å². The van der Waals surface area contributed by atoms with Crippen molar-refractivity contribution in [2.24, 2.45) is 0 Å². The number of methoxy groups -OCH3 is 1. The molecule has 0 aliphatic heterocycles. The number of hydrogen-bond acceptors (Lipinski definition) is 8. The number of aryl methyl sites for hydroxylation is 1. The number of nitrogens with zero attached hydrogens (tertiary/aromatic N) is 5. The SMILES string of the molecule is CCOc1cc(F)c(Cn2nc(-c3nc(C)cc(Nc4ccncc4C(=O)OC)n3)c3ccccc32)c(F)c1. The standard InChI is InChI=1S/C28H24F2N6O3/c1-4-39-17-12-21(29)20(22(30)13-17)15-36-24-8-6-5-7-18(24)26(35-36)27-32-16(2)11-25(34-27)33-23-9-10-31-14-19(23)28(37)38-3/h5-14H,4,15H2,1-3H3,(H,31,32,33,34). The molecule has 9 nitrogen and oxygen atoms in total. The minimum Gasteiger partial charge on any atom is -0.494 e. The van der Waals surface area contributed by atoms with E-state index in [1.165, 1.54) is 24.2 Å². The predicted molar refractivity (Wildman–Crippen MR) is 141 cm³/mol. The highest BCUT2D eigenvalue weighted by Gasteiger charge is 2.20. The van der Waals surface area contributed by atoms with Crippen LogP contribution in [0.3, 0.4) is 0 Å². The molecule has 0 saturated carbocycles. The van der Waals surface area contributed by atoms with Crippen LogP contribution in [0.1, 0.15) is 28.5 Å². The predicted octanol–water partition coefficient (Wildman–Crippen LogP) is 5.45. The summed E-state index contributed by atoms with van der Waals surface area (Å²) < 4.78 is 41.3. The van der Waals surface area contributed by atoms with Gasteiger partial charge in [-0.2, -0.15) is 5.10 Å². The van der Waals surface area contributed by atoms with Gasteiger partial charge in [0, 0.05) is 47.2 Å². The number of para-hydroxylation sites is 1. The van der Waals surface area contributed by atoms with Gasteiger partial charge in [0.25, 0.3) is 0 Å². The quantitative estimate of drug-likeness (QED) is 0.264. The number of halogens is 2. The molecule has 0 atom stereocenters. The lowest BCUT2D eigenvalue weighted by molar-refractivity contribution is 0.0601. The van der Waals surface area contributed by atoms with E-state index >= 15 is 0 Å². The lowest BCUT2D eigenvalue weighted by Gasteiger charge is -2.11. The van der Waals surface area contributed by atoms with E-state index in [0.717, 1.165) is 12.1 Å². The smallest absolute Gasteiger partial charge is 0.341 e. The van der Waals surface area contributed by atoms with Gasteiger partial charge in [-0.1, -0.05) is 18.2 Å². The van der Waals surface area contributed by atoms with Crippen LogP contribution in [0, 0.1) is 18.6 Å². The molecule has 0 spiro atoms. The summed E-state index contributed by atoms with van der Waals surface area (Å²) in [5.74, 6) is -1.16. The Labute approximate surface area is 222 Å². The second-order valence-electron chi connectivity index (χ2n) is 8.58. The molecular weight excluding hydrogens is 506 g/mol. The highest BCUT2D eigenvalue weighted by atomic mass is 19.1. The molecule has 0 amide bonds. The summed E-state index contributed by atoms with van der Waals surface area (Å²) in [6.45, 7) is 3.68. The lowest BCUT2D eigenvalue weighted by atomic mass is 10.1. The molecule has 2 aromatic carbocycles. The van der Waals surface area contributed by atoms with E-state index in [0.29, 0.717) is 46.2 Å². The van der Waals surface area contributed by atoms with E-state index in [4.69, 9.17) is 9.47 Å². The fraction of sp³-hybridized carbons (Fsp3) is 0.179. The zero-order valence-corrected chi connectivity index (χ0v) is 21.4. The van der Waals surface area contributed by atoms with Crippen molar-refractivity contribution in [2.45, 2.75) is 20.4 Å². The number of carbonyl (C=O) groups excluding carboxylic acids is 1. The number of benzene rings is 2. The molecule has 5 rings (SSSR count). The Hall–Kier alpha value is -4.93. The molecule has 5 aromatic rings. The van der Waals surface area contributed by atoms with Gasteiger partial charge in [0.15, 0.2) is 5.82 Å². The van der Waals surface area contributed by atoms with Crippen molar-refractivity contribution < 1.29 is 23.0 Å². The first-order chi connectivity index (χ1) is 18.9. The summed E-state index contributed by atoms with van der Waals surface area (Å²) in [6.07, 6.45) is 2.94. The molecule has 1 N–H and O–H groups in total. The second kappa shape index (κ2) is 10.8.